The third kappa shape index (κ3) is 4.72. The van der Waals surface area contributed by atoms with Crippen molar-refractivity contribution in [1.29, 1.82) is 0 Å². The smallest absolute Gasteiger partial charge is 0.244 e. The van der Waals surface area contributed by atoms with Crippen LogP contribution in [0, 0.1) is 34.6 Å². The van der Waals surface area contributed by atoms with Crippen LogP contribution in [-0.4, -0.2) is 24.1 Å². The normalized spacial score (nSPS) is 13.3. The number of aryl methyl sites for hydroxylation is 5. The quantitative estimate of drug-likeness (QED) is 0.565. The maximum Gasteiger partial charge on any atom is 0.244 e. The molecule has 1 aliphatic rings. The highest BCUT2D eigenvalue weighted by Crippen LogP contribution is 2.33. The lowest BCUT2D eigenvalue weighted by atomic mass is 10.0. The van der Waals surface area contributed by atoms with Crippen LogP contribution in [0.15, 0.2) is 59.6 Å². The van der Waals surface area contributed by atoms with Crippen molar-refractivity contribution in [2.24, 2.45) is 4.99 Å². The van der Waals surface area contributed by atoms with Crippen LogP contribution in [-0.2, 0) is 9.59 Å². The first-order valence-corrected chi connectivity index (χ1v) is 11.1. The van der Waals surface area contributed by atoms with Gasteiger partial charge in [0.2, 0.25) is 11.8 Å². The predicted molar refractivity (Wildman–Crippen MR) is 135 cm³/mol. The van der Waals surface area contributed by atoms with Crippen LogP contribution >= 0.6 is 0 Å². The fourth-order valence-corrected chi connectivity index (χ4v) is 4.31. The van der Waals surface area contributed by atoms with E-state index in [1.165, 1.54) is 5.56 Å². The Morgan fingerprint density at radius 1 is 0.909 bits per heavy atom. The average Bonchev–Trinajstić information content (AvgIpc) is 2.89. The van der Waals surface area contributed by atoms with Crippen molar-refractivity contribution in [3.05, 3.63) is 88.0 Å². The predicted octanol–water partition coefficient (Wildman–Crippen LogP) is 5.72. The van der Waals surface area contributed by atoms with E-state index in [1.54, 1.807) is 4.90 Å². The van der Waals surface area contributed by atoms with Gasteiger partial charge in [0.15, 0.2) is 0 Å². The first-order valence-electron chi connectivity index (χ1n) is 11.1. The number of nitrogens with one attached hydrogen (secondary N) is 1. The molecule has 0 aliphatic carbocycles. The van der Waals surface area contributed by atoms with E-state index >= 15 is 0 Å². The second-order valence-corrected chi connectivity index (χ2v) is 8.82. The molecule has 3 aromatic carbocycles. The summed E-state index contributed by atoms with van der Waals surface area (Å²) in [5.74, 6) is -0.382. The highest BCUT2D eigenvalue weighted by atomic mass is 16.2. The molecule has 0 saturated heterocycles. The summed E-state index contributed by atoms with van der Waals surface area (Å²) in [6.45, 7) is 10.0. The molecule has 1 aliphatic heterocycles. The third-order valence-corrected chi connectivity index (χ3v) is 6.13. The standard InChI is InChI=1S/C28H29N3O2/c1-17-12-20(4)28(21(5)13-17)30-26(32)16-31-25-9-7-6-8-23(25)29-24(15-27(31)33)22-11-10-18(2)19(3)14-22/h6-14H,15-16H2,1-5H3,(H,30,32). The van der Waals surface area contributed by atoms with Crippen molar-refractivity contribution < 1.29 is 9.59 Å². The van der Waals surface area contributed by atoms with Gasteiger partial charge in [0.1, 0.15) is 6.54 Å². The summed E-state index contributed by atoms with van der Waals surface area (Å²) in [6, 6.07) is 17.7. The van der Waals surface area contributed by atoms with Crippen molar-refractivity contribution >= 4 is 34.6 Å². The second kappa shape index (κ2) is 9.02. The minimum atomic E-state index is -0.233. The van der Waals surface area contributed by atoms with Crippen molar-refractivity contribution in [3.63, 3.8) is 0 Å². The number of benzene rings is 3. The summed E-state index contributed by atoms with van der Waals surface area (Å²) in [4.78, 5) is 32.7. The molecule has 0 bridgehead atoms. The van der Waals surface area contributed by atoms with E-state index in [9.17, 15) is 9.59 Å². The Kier molecular flexibility index (Phi) is 6.14. The van der Waals surface area contributed by atoms with Crippen LogP contribution in [0.3, 0.4) is 0 Å². The molecular weight excluding hydrogens is 410 g/mol. The summed E-state index contributed by atoms with van der Waals surface area (Å²) in [5.41, 5.74) is 9.28. The number of carbonyl (C=O) groups is 2. The van der Waals surface area contributed by atoms with Crippen LogP contribution in [0.5, 0.6) is 0 Å². The molecule has 5 nitrogen and oxygen atoms in total. The Hall–Kier alpha value is -3.73. The molecule has 0 unspecified atom stereocenters. The van der Waals surface area contributed by atoms with Crippen LogP contribution in [0.4, 0.5) is 17.1 Å². The van der Waals surface area contributed by atoms with Crippen LogP contribution in [0.1, 0.15) is 39.8 Å². The Balaban J connectivity index is 1.63. The molecule has 0 atom stereocenters. The summed E-state index contributed by atoms with van der Waals surface area (Å²) in [6.07, 6.45) is 0.132. The van der Waals surface area contributed by atoms with E-state index in [0.29, 0.717) is 17.1 Å². The summed E-state index contributed by atoms with van der Waals surface area (Å²) >= 11 is 0. The minimum absolute atomic E-state index is 0.0711. The van der Waals surface area contributed by atoms with Crippen molar-refractivity contribution in [3.8, 4) is 0 Å². The van der Waals surface area contributed by atoms with Crippen molar-refractivity contribution in [1.82, 2.24) is 0 Å². The van der Waals surface area contributed by atoms with E-state index in [1.807, 2.05) is 69.3 Å². The molecule has 168 valence electrons. The highest BCUT2D eigenvalue weighted by Gasteiger charge is 2.27. The Labute approximate surface area is 195 Å². The number of amides is 2. The fraction of sp³-hybridized carbons (Fsp3) is 0.250. The molecular formula is C28H29N3O2. The molecule has 0 saturated carbocycles. The van der Waals surface area contributed by atoms with Crippen LogP contribution < -0.4 is 10.2 Å². The van der Waals surface area contributed by atoms with Crippen LogP contribution in [0.25, 0.3) is 0 Å². The number of carbonyl (C=O) groups excluding carboxylic acids is 2. The second-order valence-electron chi connectivity index (χ2n) is 8.82. The van der Waals surface area contributed by atoms with Crippen molar-refractivity contribution in [2.75, 3.05) is 16.8 Å². The Morgan fingerprint density at radius 3 is 2.30 bits per heavy atom. The molecule has 0 radical (unpaired) electrons. The van der Waals surface area contributed by atoms with Gasteiger partial charge in [-0.3, -0.25) is 14.6 Å². The molecule has 4 rings (SSSR count). The molecule has 0 spiro atoms. The van der Waals surface area contributed by atoms with E-state index in [-0.39, 0.29) is 24.8 Å². The molecule has 33 heavy (non-hydrogen) atoms. The Morgan fingerprint density at radius 2 is 1.61 bits per heavy atom. The number of para-hydroxylation sites is 2. The number of hydrogen-bond donors (Lipinski definition) is 1. The molecule has 0 aromatic heterocycles. The first-order chi connectivity index (χ1) is 15.7. The minimum Gasteiger partial charge on any atom is -0.324 e. The molecule has 1 N–H and O–H groups in total. The number of hydrogen-bond acceptors (Lipinski definition) is 3. The first kappa shape index (κ1) is 22.5. The zero-order chi connectivity index (χ0) is 23.7. The lowest BCUT2D eigenvalue weighted by molar-refractivity contribution is -0.120. The van der Waals surface area contributed by atoms with Gasteiger partial charge in [0.05, 0.1) is 23.5 Å². The topological polar surface area (TPSA) is 61.8 Å². The largest absolute Gasteiger partial charge is 0.324 e. The van der Waals surface area contributed by atoms with E-state index in [4.69, 9.17) is 4.99 Å². The van der Waals surface area contributed by atoms with Gasteiger partial charge in [0.25, 0.3) is 0 Å². The van der Waals surface area contributed by atoms with Gasteiger partial charge >= 0.3 is 0 Å². The van der Waals surface area contributed by atoms with E-state index < -0.39 is 0 Å². The maximum absolute atomic E-state index is 13.3. The van der Waals surface area contributed by atoms with Gasteiger partial charge in [0, 0.05) is 5.69 Å². The van der Waals surface area contributed by atoms with Crippen LogP contribution in [0.2, 0.25) is 0 Å². The number of fused-ring (bicyclic) bond motifs is 1. The van der Waals surface area contributed by atoms with Gasteiger partial charge in [-0.2, -0.15) is 0 Å². The van der Waals surface area contributed by atoms with Gasteiger partial charge in [-0.15, -0.1) is 0 Å². The molecule has 1 heterocycles. The van der Waals surface area contributed by atoms with Gasteiger partial charge in [-0.05, 0) is 80.6 Å². The summed E-state index contributed by atoms with van der Waals surface area (Å²) in [5, 5.41) is 3.01. The molecule has 5 heteroatoms. The molecule has 0 fully saturated rings. The Bertz CT molecular complexity index is 1270. The number of rotatable bonds is 4. The number of anilines is 2. The zero-order valence-electron chi connectivity index (χ0n) is 19.8. The van der Waals surface area contributed by atoms with E-state index in [2.05, 4.69) is 25.2 Å². The monoisotopic (exact) mass is 439 g/mol. The number of aliphatic imine (C=N–C) groups is 1. The highest BCUT2D eigenvalue weighted by molar-refractivity contribution is 6.19. The van der Waals surface area contributed by atoms with E-state index in [0.717, 1.165) is 33.5 Å². The summed E-state index contributed by atoms with van der Waals surface area (Å²) < 4.78 is 0. The molecule has 2 amide bonds. The number of nitrogens with zero attached hydrogens (tertiary/aromatic N) is 2. The third-order valence-electron chi connectivity index (χ3n) is 6.13. The van der Waals surface area contributed by atoms with Gasteiger partial charge < -0.3 is 10.2 Å². The zero-order valence-corrected chi connectivity index (χ0v) is 19.8. The van der Waals surface area contributed by atoms with Crippen molar-refractivity contribution in [2.45, 2.75) is 41.0 Å². The fourth-order valence-electron chi connectivity index (χ4n) is 4.31. The van der Waals surface area contributed by atoms with Gasteiger partial charge in [-0.25, -0.2) is 0 Å². The summed E-state index contributed by atoms with van der Waals surface area (Å²) in [7, 11) is 0. The lowest BCUT2D eigenvalue weighted by Crippen LogP contribution is -2.38. The average molecular weight is 440 g/mol. The maximum atomic E-state index is 13.3. The van der Waals surface area contributed by atoms with Gasteiger partial charge in [-0.1, -0.05) is 42.0 Å². The molecule has 3 aromatic rings. The SMILES string of the molecule is Cc1cc(C)c(NC(=O)CN2C(=O)CC(c3ccc(C)c(C)c3)=Nc3ccccc32)c(C)c1. The lowest BCUT2D eigenvalue weighted by Gasteiger charge is -2.22.